The Bertz CT molecular complexity index is 495. The Labute approximate surface area is 111 Å². The van der Waals surface area contributed by atoms with Gasteiger partial charge in [-0.15, -0.1) is 0 Å². The third-order valence-electron chi connectivity index (χ3n) is 3.27. The van der Waals surface area contributed by atoms with Crippen LogP contribution in [0.25, 0.3) is 0 Å². The van der Waals surface area contributed by atoms with Crippen LogP contribution in [0.2, 0.25) is 0 Å². The van der Waals surface area contributed by atoms with Crippen LogP contribution in [0, 0.1) is 5.41 Å². The van der Waals surface area contributed by atoms with Crippen LogP contribution in [0.15, 0.2) is 18.2 Å². The molecule has 104 valence electrons. The van der Waals surface area contributed by atoms with E-state index in [-0.39, 0.29) is 18.0 Å². The Hall–Kier alpha value is -2.08. The molecule has 0 aliphatic rings. The van der Waals surface area contributed by atoms with Gasteiger partial charge < -0.3 is 21.3 Å². The lowest BCUT2D eigenvalue weighted by molar-refractivity contribution is -0.124. The monoisotopic (exact) mass is 266 g/mol. The molecule has 1 aromatic carbocycles. The fourth-order valence-corrected chi connectivity index (χ4v) is 1.47. The van der Waals surface area contributed by atoms with Gasteiger partial charge in [0.25, 0.3) is 0 Å². The molecule has 0 aromatic heterocycles. The van der Waals surface area contributed by atoms with E-state index < -0.39 is 17.1 Å². The number of carbonyl (C=O) groups excluding carboxylic acids is 1. The number of benzene rings is 1. The highest BCUT2D eigenvalue weighted by atomic mass is 16.4. The van der Waals surface area contributed by atoms with Gasteiger partial charge in [-0.05, 0) is 25.5 Å². The van der Waals surface area contributed by atoms with E-state index in [4.69, 9.17) is 10.8 Å². The van der Waals surface area contributed by atoms with Crippen molar-refractivity contribution in [3.05, 3.63) is 23.8 Å². The van der Waals surface area contributed by atoms with Gasteiger partial charge in [-0.2, -0.15) is 0 Å². The Balaban J connectivity index is 2.92. The maximum absolute atomic E-state index is 12.0. The number of phenols is 1. The zero-order chi connectivity index (χ0) is 14.6. The normalized spacial score (nSPS) is 13.6. The van der Waals surface area contributed by atoms with Gasteiger partial charge in [-0.3, -0.25) is 4.79 Å². The van der Waals surface area contributed by atoms with Crippen LogP contribution >= 0.6 is 0 Å². The minimum Gasteiger partial charge on any atom is -0.507 e. The molecular formula is C13H18N2O4. The molecule has 1 amide bonds. The molecule has 0 saturated heterocycles. The summed E-state index contributed by atoms with van der Waals surface area (Å²) in [5.41, 5.74) is 5.01. The van der Waals surface area contributed by atoms with Crippen molar-refractivity contribution >= 4 is 17.6 Å². The molecule has 6 heteroatoms. The lowest BCUT2D eigenvalue weighted by atomic mass is 9.86. The molecule has 0 heterocycles. The van der Waals surface area contributed by atoms with Crippen molar-refractivity contribution < 1.29 is 19.8 Å². The van der Waals surface area contributed by atoms with Gasteiger partial charge in [-0.25, -0.2) is 4.79 Å². The average Bonchev–Trinajstić information content (AvgIpc) is 2.37. The first-order valence-corrected chi connectivity index (χ1v) is 5.92. The van der Waals surface area contributed by atoms with Gasteiger partial charge in [0.15, 0.2) is 0 Å². The van der Waals surface area contributed by atoms with Gasteiger partial charge in [-0.1, -0.05) is 6.92 Å². The minimum absolute atomic E-state index is 0.203. The van der Waals surface area contributed by atoms with E-state index in [1.807, 2.05) is 6.92 Å². The summed E-state index contributed by atoms with van der Waals surface area (Å²) in [6.07, 6.45) is 0.578. The van der Waals surface area contributed by atoms with Crippen molar-refractivity contribution in [1.82, 2.24) is 0 Å². The first-order chi connectivity index (χ1) is 8.84. The lowest BCUT2D eigenvalue weighted by Gasteiger charge is -2.25. The number of hydrogen-bond donors (Lipinski definition) is 4. The number of carbonyl (C=O) groups is 2. The summed E-state index contributed by atoms with van der Waals surface area (Å²) in [6.45, 7) is 3.81. The van der Waals surface area contributed by atoms with E-state index in [2.05, 4.69) is 5.32 Å². The third-order valence-corrected chi connectivity index (χ3v) is 3.27. The number of hydrogen-bond acceptors (Lipinski definition) is 4. The molecule has 0 spiro atoms. The molecule has 1 unspecified atom stereocenters. The average molecular weight is 266 g/mol. The van der Waals surface area contributed by atoms with Crippen LogP contribution in [0.4, 0.5) is 5.69 Å². The summed E-state index contributed by atoms with van der Waals surface area (Å²) < 4.78 is 0. The summed E-state index contributed by atoms with van der Waals surface area (Å²) in [6, 6.07) is 3.86. The van der Waals surface area contributed by atoms with Gasteiger partial charge in [0.1, 0.15) is 11.3 Å². The van der Waals surface area contributed by atoms with E-state index >= 15 is 0 Å². The van der Waals surface area contributed by atoms with E-state index in [0.717, 1.165) is 0 Å². The van der Waals surface area contributed by atoms with Crippen LogP contribution in [-0.2, 0) is 4.79 Å². The molecule has 19 heavy (non-hydrogen) atoms. The SMILES string of the molecule is CCC(C)(CN)C(=O)Nc1ccc(C(=O)O)c(O)c1. The molecule has 1 atom stereocenters. The second kappa shape index (κ2) is 5.71. The van der Waals surface area contributed by atoms with Gasteiger partial charge in [0, 0.05) is 18.3 Å². The van der Waals surface area contributed by atoms with Crippen LogP contribution in [-0.4, -0.2) is 28.6 Å². The largest absolute Gasteiger partial charge is 0.507 e. The topological polar surface area (TPSA) is 113 Å². The van der Waals surface area contributed by atoms with Crippen molar-refractivity contribution in [2.75, 3.05) is 11.9 Å². The second-order valence-corrected chi connectivity index (χ2v) is 4.61. The fraction of sp³-hybridized carbons (Fsp3) is 0.385. The van der Waals surface area contributed by atoms with Crippen molar-refractivity contribution in [3.8, 4) is 5.75 Å². The smallest absolute Gasteiger partial charge is 0.339 e. The Morgan fingerprint density at radius 3 is 2.47 bits per heavy atom. The lowest BCUT2D eigenvalue weighted by Crippen LogP contribution is -2.39. The van der Waals surface area contributed by atoms with Crippen molar-refractivity contribution in [2.24, 2.45) is 11.1 Å². The molecule has 6 nitrogen and oxygen atoms in total. The quantitative estimate of drug-likeness (QED) is 0.643. The molecule has 1 rings (SSSR count). The number of nitrogens with two attached hydrogens (primary N) is 1. The van der Waals surface area contributed by atoms with E-state index in [1.165, 1.54) is 18.2 Å². The van der Waals surface area contributed by atoms with Gasteiger partial charge in [0.2, 0.25) is 5.91 Å². The summed E-state index contributed by atoms with van der Waals surface area (Å²) in [5.74, 6) is -1.88. The summed E-state index contributed by atoms with van der Waals surface area (Å²) in [5, 5.41) is 20.9. The highest BCUT2D eigenvalue weighted by molar-refractivity contribution is 5.97. The Morgan fingerprint density at radius 2 is 2.05 bits per heavy atom. The molecule has 5 N–H and O–H groups in total. The number of aromatic carboxylic acids is 1. The van der Waals surface area contributed by atoms with Crippen LogP contribution in [0.3, 0.4) is 0 Å². The number of rotatable bonds is 5. The van der Waals surface area contributed by atoms with Crippen LogP contribution in [0.5, 0.6) is 5.75 Å². The molecular weight excluding hydrogens is 248 g/mol. The van der Waals surface area contributed by atoms with Crippen LogP contribution < -0.4 is 11.1 Å². The summed E-state index contributed by atoms with van der Waals surface area (Å²) in [4.78, 5) is 22.8. The zero-order valence-electron chi connectivity index (χ0n) is 10.9. The number of carboxylic acid groups (broad SMARTS) is 1. The van der Waals surface area contributed by atoms with Crippen LogP contribution in [0.1, 0.15) is 30.6 Å². The van der Waals surface area contributed by atoms with Crippen molar-refractivity contribution in [3.63, 3.8) is 0 Å². The molecule has 0 bridgehead atoms. The number of anilines is 1. The summed E-state index contributed by atoms with van der Waals surface area (Å²) in [7, 11) is 0. The van der Waals surface area contributed by atoms with Crippen molar-refractivity contribution in [2.45, 2.75) is 20.3 Å². The molecule has 0 aliphatic carbocycles. The Morgan fingerprint density at radius 1 is 1.42 bits per heavy atom. The molecule has 0 fully saturated rings. The maximum atomic E-state index is 12.0. The zero-order valence-corrected chi connectivity index (χ0v) is 10.9. The van der Waals surface area contributed by atoms with Gasteiger partial charge in [0.05, 0.1) is 5.41 Å². The molecule has 0 radical (unpaired) electrons. The van der Waals surface area contributed by atoms with E-state index in [9.17, 15) is 14.7 Å². The molecule has 0 saturated carbocycles. The number of amides is 1. The first kappa shape index (κ1) is 15.0. The highest BCUT2D eigenvalue weighted by Crippen LogP contribution is 2.25. The third kappa shape index (κ3) is 3.23. The van der Waals surface area contributed by atoms with E-state index in [0.29, 0.717) is 12.1 Å². The van der Waals surface area contributed by atoms with Crippen molar-refractivity contribution in [1.29, 1.82) is 0 Å². The predicted octanol–water partition coefficient (Wildman–Crippen LogP) is 1.40. The maximum Gasteiger partial charge on any atom is 0.339 e. The fourth-order valence-electron chi connectivity index (χ4n) is 1.47. The van der Waals surface area contributed by atoms with Gasteiger partial charge >= 0.3 is 5.97 Å². The molecule has 1 aromatic rings. The number of nitrogens with one attached hydrogen (secondary N) is 1. The second-order valence-electron chi connectivity index (χ2n) is 4.61. The number of aromatic hydroxyl groups is 1. The number of carboxylic acids is 1. The summed E-state index contributed by atoms with van der Waals surface area (Å²) >= 11 is 0. The Kier molecular flexibility index (Phi) is 4.50. The first-order valence-electron chi connectivity index (χ1n) is 5.92. The minimum atomic E-state index is -1.23. The van der Waals surface area contributed by atoms with E-state index in [1.54, 1.807) is 6.92 Å². The highest BCUT2D eigenvalue weighted by Gasteiger charge is 2.29. The molecule has 0 aliphatic heterocycles. The predicted molar refractivity (Wildman–Crippen MR) is 71.1 cm³/mol. The standard InChI is InChI=1S/C13H18N2O4/c1-3-13(2,7-14)12(19)15-8-4-5-9(11(17)18)10(16)6-8/h4-6,16H,3,7,14H2,1-2H3,(H,15,19)(H,17,18).